The van der Waals surface area contributed by atoms with Crippen molar-refractivity contribution < 1.29 is 84.8 Å². The molecule has 36 heteroatoms. The maximum atomic E-state index is 14.1. The van der Waals surface area contributed by atoms with Gasteiger partial charge in [0.05, 0.1) is 93.2 Å². The van der Waals surface area contributed by atoms with Crippen LogP contribution in [0.2, 0.25) is 0 Å². The molecule has 0 aliphatic carbocycles. The van der Waals surface area contributed by atoms with Gasteiger partial charge in [-0.1, -0.05) is 52.2 Å². The van der Waals surface area contributed by atoms with E-state index in [1.165, 1.54) is 55.8 Å². The number of carbonyl (C=O) groups is 3. The van der Waals surface area contributed by atoms with Crippen LogP contribution in [0.5, 0.6) is 17.6 Å². The van der Waals surface area contributed by atoms with Gasteiger partial charge in [0.15, 0.2) is 22.9 Å². The third-order valence-corrected chi connectivity index (χ3v) is 15.2. The highest BCUT2D eigenvalue weighted by Gasteiger charge is 2.33. The molecule has 93 heavy (non-hydrogen) atoms. The van der Waals surface area contributed by atoms with Crippen molar-refractivity contribution in [3.8, 4) is 49.4 Å². The summed E-state index contributed by atoms with van der Waals surface area (Å²) in [5.41, 5.74) is 16.3. The summed E-state index contributed by atoms with van der Waals surface area (Å²) in [6, 6.07) is 10.2. The molecule has 3 aromatic carbocycles. The van der Waals surface area contributed by atoms with Gasteiger partial charge in [0.1, 0.15) is 101 Å². The number of nitrogens with two attached hydrogens (primary N) is 3. The van der Waals surface area contributed by atoms with Gasteiger partial charge in [0.2, 0.25) is 17.6 Å². The lowest BCUT2D eigenvalue weighted by Gasteiger charge is -2.17. The number of hydrogen-bond donors (Lipinski definition) is 10. The molecule has 0 bridgehead atoms. The van der Waals surface area contributed by atoms with Crippen molar-refractivity contribution in [3.05, 3.63) is 144 Å². The molecule has 7 heterocycles. The van der Waals surface area contributed by atoms with E-state index in [9.17, 15) is 50.9 Å². The highest BCUT2D eigenvalue weighted by atomic mass is 32.1. The number of nitrogen functional groups attached to an aromatic ring is 3. The SMILES string of the molecule is CC1(C)OCC(CCOc2ncncc2NC(=O)c2nc(-c3c(F)cccc3F)sc2N)O1.Nc1sc(-c2c(F)cccc2F)nc1C(=O)Nc1cncnc1OCCC(O)CO.Nc1sc(-c2c(F)cccc2F)nc1C(=O)Nc1cncnc1OCCC(O)CO. The Kier molecular flexibility index (Phi) is 23.9. The zero-order valence-corrected chi connectivity index (χ0v) is 51.0. The monoisotopic (exact) mass is 1350 g/mol. The van der Waals surface area contributed by atoms with Gasteiger partial charge in [-0.2, -0.15) is 15.0 Å². The minimum Gasteiger partial charge on any atom is -0.476 e. The third kappa shape index (κ3) is 18.3. The van der Waals surface area contributed by atoms with Crippen LogP contribution in [0.25, 0.3) is 31.7 Å². The molecule has 1 fully saturated rings. The summed E-state index contributed by atoms with van der Waals surface area (Å²) in [7, 11) is 0. The lowest BCUT2D eigenvalue weighted by Crippen LogP contribution is -2.22. The number of thiazole rings is 3. The molecule has 0 spiro atoms. The lowest BCUT2D eigenvalue weighted by atomic mass is 10.2. The summed E-state index contributed by atoms with van der Waals surface area (Å²) < 4.78 is 112. The second-order valence-corrected chi connectivity index (χ2v) is 22.7. The Morgan fingerprint density at radius 2 is 0.871 bits per heavy atom. The fraction of sp³-hybridized carbons (Fsp3) is 0.263. The maximum Gasteiger partial charge on any atom is 0.277 e. The van der Waals surface area contributed by atoms with E-state index >= 15 is 0 Å². The van der Waals surface area contributed by atoms with Gasteiger partial charge < -0.3 is 77.3 Å². The van der Waals surface area contributed by atoms with E-state index in [0.29, 0.717) is 13.0 Å². The quantitative estimate of drug-likeness (QED) is 0.0281. The average molecular weight is 1350 g/mol. The Balaban J connectivity index is 0.000000180. The smallest absolute Gasteiger partial charge is 0.277 e. The van der Waals surface area contributed by atoms with E-state index in [-0.39, 0.29) is 137 Å². The number of hydrogen-bond acceptors (Lipinski definition) is 27. The van der Waals surface area contributed by atoms with Crippen LogP contribution >= 0.6 is 34.0 Å². The molecule has 1 aliphatic rings. The number of benzene rings is 3. The first kappa shape index (κ1) is 69.2. The van der Waals surface area contributed by atoms with Gasteiger partial charge in [-0.3, -0.25) is 14.4 Å². The maximum absolute atomic E-state index is 14.1. The predicted molar refractivity (Wildman–Crippen MR) is 327 cm³/mol. The van der Waals surface area contributed by atoms with Gasteiger partial charge in [-0.15, -0.1) is 0 Å². The topological polar surface area (TPSA) is 408 Å². The van der Waals surface area contributed by atoms with Gasteiger partial charge in [0, 0.05) is 19.3 Å². The average Bonchev–Trinajstić information content (AvgIpc) is 1.70. The third-order valence-electron chi connectivity index (χ3n) is 12.5. The minimum atomic E-state index is -0.947. The highest BCUT2D eigenvalue weighted by Crippen LogP contribution is 2.38. The zero-order chi connectivity index (χ0) is 66.9. The van der Waals surface area contributed by atoms with Crippen LogP contribution < -0.4 is 47.4 Å². The second-order valence-electron chi connectivity index (χ2n) is 19.6. The van der Waals surface area contributed by atoms with Crippen molar-refractivity contribution >= 4 is 83.8 Å². The second kappa shape index (κ2) is 32.1. The summed E-state index contributed by atoms with van der Waals surface area (Å²) in [4.78, 5) is 73.4. The number of aromatic nitrogens is 9. The number of ether oxygens (including phenoxy) is 5. The first-order chi connectivity index (χ1) is 44.5. The molecular formula is C57H55F6N15O12S3. The minimum absolute atomic E-state index is 0.00506. The van der Waals surface area contributed by atoms with Crippen molar-refractivity contribution in [2.24, 2.45) is 0 Å². The number of anilines is 6. The molecule has 13 N–H and O–H groups in total. The molecule has 3 amide bonds. The van der Waals surface area contributed by atoms with E-state index in [4.69, 9.17) is 51.1 Å². The lowest BCUT2D eigenvalue weighted by molar-refractivity contribution is -0.139. The first-order valence-electron chi connectivity index (χ1n) is 27.3. The number of aliphatic hydroxyl groups is 4. The molecule has 9 aromatic rings. The summed E-state index contributed by atoms with van der Waals surface area (Å²) in [6.07, 6.45) is 6.42. The van der Waals surface area contributed by atoms with Crippen LogP contribution in [0.1, 0.15) is 64.6 Å². The number of nitrogens with zero attached hydrogens (tertiary/aromatic N) is 9. The van der Waals surface area contributed by atoms with Crippen LogP contribution in [0.3, 0.4) is 0 Å². The molecule has 3 atom stereocenters. The van der Waals surface area contributed by atoms with Crippen molar-refractivity contribution in [1.82, 2.24) is 44.9 Å². The number of nitrogens with one attached hydrogen (secondary N) is 3. The molecule has 1 aliphatic heterocycles. The molecule has 0 saturated carbocycles. The van der Waals surface area contributed by atoms with Crippen molar-refractivity contribution in [2.45, 2.75) is 57.2 Å². The van der Waals surface area contributed by atoms with Gasteiger partial charge in [-0.05, 0) is 50.2 Å². The highest BCUT2D eigenvalue weighted by molar-refractivity contribution is 7.19. The summed E-state index contributed by atoms with van der Waals surface area (Å²) in [5, 5.41) is 43.7. The Bertz CT molecular complexity index is 3860. The fourth-order valence-electron chi connectivity index (χ4n) is 7.97. The van der Waals surface area contributed by atoms with E-state index in [1.807, 2.05) is 13.8 Å². The van der Waals surface area contributed by atoms with Crippen LogP contribution in [-0.2, 0) is 9.47 Å². The van der Waals surface area contributed by atoms with E-state index in [2.05, 4.69) is 60.8 Å². The number of aliphatic hydroxyl groups excluding tert-OH is 4. The number of halogens is 6. The van der Waals surface area contributed by atoms with Crippen molar-refractivity contribution in [2.75, 3.05) is 72.8 Å². The first-order valence-corrected chi connectivity index (χ1v) is 29.7. The van der Waals surface area contributed by atoms with E-state index < -0.39 is 83.8 Å². The molecule has 27 nitrogen and oxygen atoms in total. The zero-order valence-electron chi connectivity index (χ0n) is 48.6. The fourth-order valence-corrected chi connectivity index (χ4v) is 10.6. The molecule has 490 valence electrons. The van der Waals surface area contributed by atoms with Crippen LogP contribution in [0.4, 0.5) is 58.4 Å². The van der Waals surface area contributed by atoms with E-state index in [1.54, 1.807) is 0 Å². The van der Waals surface area contributed by atoms with Gasteiger partial charge >= 0.3 is 0 Å². The van der Waals surface area contributed by atoms with Crippen molar-refractivity contribution in [1.29, 1.82) is 0 Å². The van der Waals surface area contributed by atoms with Gasteiger partial charge in [-0.25, -0.2) is 56.2 Å². The molecule has 0 radical (unpaired) electrons. The Hall–Kier alpha value is -9.66. The molecule has 3 unspecified atom stereocenters. The summed E-state index contributed by atoms with van der Waals surface area (Å²) >= 11 is 2.34. The Morgan fingerprint density at radius 1 is 0.559 bits per heavy atom. The summed E-state index contributed by atoms with van der Waals surface area (Å²) in [5.74, 6) is -7.53. The Morgan fingerprint density at radius 3 is 1.16 bits per heavy atom. The molecular weight excluding hydrogens is 1300 g/mol. The number of amides is 3. The van der Waals surface area contributed by atoms with Crippen molar-refractivity contribution in [3.63, 3.8) is 0 Å². The molecule has 6 aromatic heterocycles. The number of rotatable bonds is 23. The van der Waals surface area contributed by atoms with Crippen LogP contribution in [0.15, 0.2) is 92.2 Å². The molecule has 10 rings (SSSR count). The largest absolute Gasteiger partial charge is 0.476 e. The van der Waals surface area contributed by atoms with Crippen LogP contribution in [-0.4, -0.2) is 147 Å². The van der Waals surface area contributed by atoms with E-state index in [0.717, 1.165) is 70.4 Å². The summed E-state index contributed by atoms with van der Waals surface area (Å²) in [6.45, 7) is 3.62. The standard InChI is InChI=1S/C21H21F2N5O4S.2C18H17F2N5O4S/c1-21(2)31-9-11(32-21)6-7-30-19-14(8-25-10-26-19)27-18(29)16-17(24)33-20(28-16)15-12(22)4-3-5-13(15)23;2*19-10-2-1-3-11(20)13(10)18-25-14(15(21)30-18)16(28)24-12-6-22-8-23-17(12)29-5-4-9(27)7-26/h3-5,8,10-11H,6-7,9,24H2,1-2H3,(H,27,29);2*1-3,6,8-9,26-27H,4-5,7,21H2,(H,24,28). The normalized spacial score (nSPS) is 13.7. The van der Waals surface area contributed by atoms with Crippen LogP contribution in [0, 0.1) is 34.9 Å². The molecule has 1 saturated heterocycles. The van der Waals surface area contributed by atoms with Gasteiger partial charge in [0.25, 0.3) is 17.7 Å². The predicted octanol–water partition coefficient (Wildman–Crippen LogP) is 7.30. The number of carbonyl (C=O) groups excluding carboxylic acids is 3. The Labute approximate surface area is 534 Å².